The van der Waals surface area contributed by atoms with Gasteiger partial charge in [-0.25, -0.2) is 4.99 Å². The van der Waals surface area contributed by atoms with Gasteiger partial charge in [0.15, 0.2) is 0 Å². The minimum atomic E-state index is -0.0567. The van der Waals surface area contributed by atoms with Crippen LogP contribution in [-0.4, -0.2) is 10.4 Å². The second kappa shape index (κ2) is 11.9. The summed E-state index contributed by atoms with van der Waals surface area (Å²) in [4.78, 5) is 5.89. The van der Waals surface area contributed by atoms with E-state index in [4.69, 9.17) is 13.8 Å². The molecule has 4 nitrogen and oxygen atoms in total. The molecule has 58 heavy (non-hydrogen) atoms. The Kier molecular flexibility index (Phi) is 6.57. The fourth-order valence-electron chi connectivity index (χ4n) is 10.5. The molecule has 0 saturated heterocycles. The normalized spacial score (nSPS) is 16.1. The quantitative estimate of drug-likeness (QED) is 0.165. The van der Waals surface area contributed by atoms with Crippen LogP contribution in [0.15, 0.2) is 178 Å². The topological polar surface area (TPSA) is 43.6 Å². The molecule has 0 saturated carbocycles. The third-order valence-electron chi connectivity index (χ3n) is 13.1. The van der Waals surface area contributed by atoms with E-state index in [2.05, 4.69) is 169 Å². The van der Waals surface area contributed by atoms with Crippen LogP contribution in [0.5, 0.6) is 0 Å². The third kappa shape index (κ3) is 4.32. The van der Waals surface area contributed by atoms with Gasteiger partial charge in [0.25, 0.3) is 0 Å². The Balaban J connectivity index is 1.22. The number of aliphatic imine (C=N–C) groups is 1. The summed E-state index contributed by atoms with van der Waals surface area (Å²) in [5, 5.41) is 15.9. The zero-order valence-electron chi connectivity index (χ0n) is 31.9. The van der Waals surface area contributed by atoms with Crippen LogP contribution in [0.2, 0.25) is 0 Å². The molecule has 3 aromatic heterocycles. The SMILES string of the molecule is CCC1Cc2oc3ccccc3c2N=C(n2c3ccc4ccccc4c3c3c4c5ccccc5c5ccccc5c4ccc32)C1c1ccc2oc3ccccc3c2c1. The minimum Gasteiger partial charge on any atom is -0.459 e. The molecule has 2 atom stereocenters. The van der Waals surface area contributed by atoms with Crippen molar-refractivity contribution in [3.05, 3.63) is 175 Å². The van der Waals surface area contributed by atoms with Crippen molar-refractivity contribution in [1.82, 2.24) is 4.57 Å². The first-order valence-corrected chi connectivity index (χ1v) is 20.4. The number of rotatable bonds is 2. The second-order valence-corrected chi connectivity index (χ2v) is 16.0. The fourth-order valence-corrected chi connectivity index (χ4v) is 10.5. The average Bonchev–Trinajstić information content (AvgIpc) is 3.91. The Bertz CT molecular complexity index is 3690. The van der Waals surface area contributed by atoms with Crippen molar-refractivity contribution in [2.75, 3.05) is 0 Å². The van der Waals surface area contributed by atoms with E-state index in [0.29, 0.717) is 0 Å². The number of fused-ring (bicyclic) bond motifs is 18. The lowest BCUT2D eigenvalue weighted by Crippen LogP contribution is -2.27. The number of hydrogen-bond donors (Lipinski definition) is 0. The summed E-state index contributed by atoms with van der Waals surface area (Å²) < 4.78 is 15.6. The Hall–Kier alpha value is -7.17. The molecule has 0 aliphatic carbocycles. The number of hydrogen-bond acceptors (Lipinski definition) is 3. The Morgan fingerprint density at radius 2 is 1.09 bits per heavy atom. The molecule has 0 bridgehead atoms. The maximum atomic E-state index is 6.72. The molecule has 4 heteroatoms. The number of para-hydroxylation sites is 2. The third-order valence-corrected chi connectivity index (χ3v) is 13.1. The second-order valence-electron chi connectivity index (χ2n) is 16.0. The molecule has 0 amide bonds. The van der Waals surface area contributed by atoms with E-state index < -0.39 is 0 Å². The van der Waals surface area contributed by atoms with E-state index in [1.54, 1.807) is 0 Å². The van der Waals surface area contributed by atoms with Crippen LogP contribution in [0.25, 0.3) is 97.8 Å². The fraction of sp³-hybridized carbons (Fsp3) is 0.0926. The van der Waals surface area contributed by atoms with Crippen LogP contribution >= 0.6 is 0 Å². The first kappa shape index (κ1) is 32.0. The van der Waals surface area contributed by atoms with E-state index in [9.17, 15) is 0 Å². The summed E-state index contributed by atoms with van der Waals surface area (Å²) in [7, 11) is 0. The molecule has 0 N–H and O–H groups in total. The lowest BCUT2D eigenvalue weighted by atomic mass is 9.80. The predicted molar refractivity (Wildman–Crippen MR) is 242 cm³/mol. The summed E-state index contributed by atoms with van der Waals surface area (Å²) >= 11 is 0. The van der Waals surface area contributed by atoms with Crippen LogP contribution in [0, 0.1) is 5.92 Å². The molecule has 274 valence electrons. The van der Waals surface area contributed by atoms with Gasteiger partial charge in [-0.05, 0) is 91.6 Å². The number of furan rings is 2. The van der Waals surface area contributed by atoms with Crippen LogP contribution in [-0.2, 0) is 6.42 Å². The van der Waals surface area contributed by atoms with Gasteiger partial charge in [0.05, 0.1) is 11.0 Å². The van der Waals surface area contributed by atoms with Crippen molar-refractivity contribution in [3.8, 4) is 0 Å². The number of benzene rings is 9. The molecule has 1 aliphatic heterocycles. The van der Waals surface area contributed by atoms with Crippen LogP contribution in [0.4, 0.5) is 5.69 Å². The number of aromatic nitrogens is 1. The highest BCUT2D eigenvalue weighted by atomic mass is 16.3. The largest absolute Gasteiger partial charge is 0.459 e. The zero-order chi connectivity index (χ0) is 38.1. The van der Waals surface area contributed by atoms with Crippen molar-refractivity contribution >= 4 is 109 Å². The summed E-state index contributed by atoms with van der Waals surface area (Å²) in [5.74, 6) is 2.12. The van der Waals surface area contributed by atoms with Gasteiger partial charge >= 0.3 is 0 Å². The minimum absolute atomic E-state index is 0.0567. The lowest BCUT2D eigenvalue weighted by Gasteiger charge is -2.28. The molecule has 0 spiro atoms. The summed E-state index contributed by atoms with van der Waals surface area (Å²) in [6.07, 6.45) is 1.73. The first-order chi connectivity index (χ1) is 28.7. The lowest BCUT2D eigenvalue weighted by molar-refractivity contribution is 0.426. The van der Waals surface area contributed by atoms with E-state index in [-0.39, 0.29) is 11.8 Å². The van der Waals surface area contributed by atoms with Crippen molar-refractivity contribution in [2.45, 2.75) is 25.7 Å². The van der Waals surface area contributed by atoms with Gasteiger partial charge < -0.3 is 8.83 Å². The summed E-state index contributed by atoms with van der Waals surface area (Å²) in [6.45, 7) is 2.32. The molecule has 12 aromatic rings. The molecular weight excluding hydrogens is 709 g/mol. The first-order valence-electron chi connectivity index (χ1n) is 20.4. The highest BCUT2D eigenvalue weighted by molar-refractivity contribution is 6.38. The molecule has 0 radical (unpaired) electrons. The van der Waals surface area contributed by atoms with Gasteiger partial charge in [0.1, 0.15) is 34.0 Å². The van der Waals surface area contributed by atoms with Crippen molar-refractivity contribution in [1.29, 1.82) is 0 Å². The Labute approximate surface area is 333 Å². The van der Waals surface area contributed by atoms with E-state index in [1.807, 2.05) is 6.07 Å². The predicted octanol–water partition coefficient (Wildman–Crippen LogP) is 15.0. The van der Waals surface area contributed by atoms with Gasteiger partial charge in [0, 0.05) is 44.7 Å². The Morgan fingerprint density at radius 3 is 1.86 bits per heavy atom. The molecule has 13 rings (SSSR count). The zero-order valence-corrected chi connectivity index (χ0v) is 31.9. The molecule has 4 heterocycles. The van der Waals surface area contributed by atoms with Crippen molar-refractivity contribution in [2.24, 2.45) is 10.9 Å². The maximum Gasteiger partial charge on any atom is 0.136 e. The van der Waals surface area contributed by atoms with Crippen LogP contribution in [0.1, 0.15) is 30.6 Å². The van der Waals surface area contributed by atoms with E-state index in [0.717, 1.165) is 74.1 Å². The smallest absolute Gasteiger partial charge is 0.136 e. The van der Waals surface area contributed by atoms with Gasteiger partial charge in [-0.1, -0.05) is 135 Å². The molecular formula is C54H36N2O2. The average molecular weight is 745 g/mol. The van der Waals surface area contributed by atoms with Crippen molar-refractivity contribution in [3.63, 3.8) is 0 Å². The van der Waals surface area contributed by atoms with Gasteiger partial charge in [-0.15, -0.1) is 0 Å². The maximum absolute atomic E-state index is 6.72. The van der Waals surface area contributed by atoms with E-state index >= 15 is 0 Å². The van der Waals surface area contributed by atoms with Crippen LogP contribution in [0.3, 0.4) is 0 Å². The van der Waals surface area contributed by atoms with Crippen LogP contribution < -0.4 is 0 Å². The highest BCUT2D eigenvalue weighted by Crippen LogP contribution is 2.49. The molecule has 2 unspecified atom stereocenters. The van der Waals surface area contributed by atoms with E-state index in [1.165, 1.54) is 59.4 Å². The molecule has 1 aliphatic rings. The monoisotopic (exact) mass is 744 g/mol. The summed E-state index contributed by atoms with van der Waals surface area (Å²) in [6, 6.07) is 59.6. The van der Waals surface area contributed by atoms with Gasteiger partial charge in [0.2, 0.25) is 0 Å². The Morgan fingerprint density at radius 1 is 0.500 bits per heavy atom. The van der Waals surface area contributed by atoms with Crippen molar-refractivity contribution < 1.29 is 8.83 Å². The molecule has 9 aromatic carbocycles. The number of nitrogens with zero attached hydrogens (tertiary/aromatic N) is 2. The highest BCUT2D eigenvalue weighted by Gasteiger charge is 2.36. The van der Waals surface area contributed by atoms with Gasteiger partial charge in [-0.3, -0.25) is 4.57 Å². The standard InChI is InChI=1S/C54H36N2O2/c1-2-31-30-48-53(41-20-10-12-22-46(41)58-48)55-54(49(31)33-24-28-47-42(29-33)38-18-9-11-21-45(38)57-47)56-43-26-23-32-13-3-4-14-34(32)51(43)52-44(56)27-25-40-37-17-6-5-15-35(37)36-16-7-8-19-39(36)50(40)52/h3-29,31,49H,2,30H2,1H3. The summed E-state index contributed by atoms with van der Waals surface area (Å²) in [5.41, 5.74) is 7.17. The molecule has 0 fully saturated rings. The van der Waals surface area contributed by atoms with Gasteiger partial charge in [-0.2, -0.15) is 0 Å².